The SMILES string of the molecule is COC(Nc1ccccc1)(OC)C1CCCCCCC1. The summed E-state index contributed by atoms with van der Waals surface area (Å²) in [5.41, 5.74) is 1.04. The van der Waals surface area contributed by atoms with Crippen LogP contribution in [0.15, 0.2) is 30.3 Å². The topological polar surface area (TPSA) is 30.5 Å². The summed E-state index contributed by atoms with van der Waals surface area (Å²) < 4.78 is 11.6. The van der Waals surface area contributed by atoms with Crippen molar-refractivity contribution in [3.63, 3.8) is 0 Å². The van der Waals surface area contributed by atoms with Crippen LogP contribution in [0.3, 0.4) is 0 Å². The molecule has 1 saturated carbocycles. The molecule has 1 aromatic carbocycles. The molecule has 112 valence electrons. The van der Waals surface area contributed by atoms with Gasteiger partial charge in [0.05, 0.1) is 0 Å². The molecule has 3 nitrogen and oxygen atoms in total. The predicted octanol–water partition coefficient (Wildman–Crippen LogP) is 4.41. The molecule has 0 aliphatic heterocycles. The lowest BCUT2D eigenvalue weighted by Gasteiger charge is -2.40. The van der Waals surface area contributed by atoms with Crippen LogP contribution in [0.1, 0.15) is 44.9 Å². The van der Waals surface area contributed by atoms with E-state index in [4.69, 9.17) is 9.47 Å². The van der Waals surface area contributed by atoms with Gasteiger partial charge in [-0.1, -0.05) is 50.3 Å². The van der Waals surface area contributed by atoms with Gasteiger partial charge in [0.2, 0.25) is 0 Å². The maximum absolute atomic E-state index is 5.79. The normalized spacial score (nSPS) is 18.3. The van der Waals surface area contributed by atoms with E-state index < -0.39 is 5.91 Å². The maximum Gasteiger partial charge on any atom is 0.251 e. The zero-order valence-corrected chi connectivity index (χ0v) is 12.7. The summed E-state index contributed by atoms with van der Waals surface area (Å²) >= 11 is 0. The first-order valence-corrected chi connectivity index (χ1v) is 7.74. The Balaban J connectivity index is 2.13. The third kappa shape index (κ3) is 3.74. The van der Waals surface area contributed by atoms with E-state index in [1.807, 2.05) is 18.2 Å². The van der Waals surface area contributed by atoms with Crippen LogP contribution in [0.25, 0.3) is 0 Å². The lowest BCUT2D eigenvalue weighted by molar-refractivity contribution is -0.223. The van der Waals surface area contributed by atoms with Gasteiger partial charge in [0.1, 0.15) is 0 Å². The zero-order chi connectivity index (χ0) is 14.3. The molecule has 0 unspecified atom stereocenters. The molecule has 1 N–H and O–H groups in total. The smallest absolute Gasteiger partial charge is 0.251 e. The number of benzene rings is 1. The molecule has 1 aliphatic rings. The number of methoxy groups -OCH3 is 2. The van der Waals surface area contributed by atoms with Gasteiger partial charge >= 0.3 is 0 Å². The van der Waals surface area contributed by atoms with Gasteiger partial charge in [-0.15, -0.1) is 0 Å². The molecule has 0 amide bonds. The van der Waals surface area contributed by atoms with E-state index in [1.54, 1.807) is 14.2 Å². The van der Waals surface area contributed by atoms with Gasteiger partial charge in [0.25, 0.3) is 5.91 Å². The predicted molar refractivity (Wildman–Crippen MR) is 82.6 cm³/mol. The molecule has 0 heterocycles. The van der Waals surface area contributed by atoms with Gasteiger partial charge in [0, 0.05) is 25.8 Å². The molecule has 0 spiro atoms. The second-order valence-electron chi connectivity index (χ2n) is 5.61. The maximum atomic E-state index is 5.79. The Morgan fingerprint density at radius 1 is 0.900 bits per heavy atom. The minimum atomic E-state index is -0.710. The Morgan fingerprint density at radius 2 is 1.45 bits per heavy atom. The van der Waals surface area contributed by atoms with Gasteiger partial charge in [-0.05, 0) is 25.0 Å². The fraction of sp³-hybridized carbons (Fsp3) is 0.647. The van der Waals surface area contributed by atoms with Crippen molar-refractivity contribution in [2.24, 2.45) is 5.92 Å². The third-order valence-corrected chi connectivity index (χ3v) is 4.34. The molecule has 0 saturated heterocycles. The van der Waals surface area contributed by atoms with Gasteiger partial charge in [-0.2, -0.15) is 0 Å². The van der Waals surface area contributed by atoms with Gasteiger partial charge in [-0.25, -0.2) is 0 Å². The zero-order valence-electron chi connectivity index (χ0n) is 12.7. The highest BCUT2D eigenvalue weighted by molar-refractivity contribution is 5.44. The van der Waals surface area contributed by atoms with Gasteiger partial charge < -0.3 is 14.8 Å². The van der Waals surface area contributed by atoms with Crippen molar-refractivity contribution in [2.75, 3.05) is 19.5 Å². The molecule has 20 heavy (non-hydrogen) atoms. The third-order valence-electron chi connectivity index (χ3n) is 4.34. The fourth-order valence-electron chi connectivity index (χ4n) is 3.18. The Kier molecular flexibility index (Phi) is 5.86. The molecular weight excluding hydrogens is 250 g/mol. The number of hydrogen-bond acceptors (Lipinski definition) is 3. The van der Waals surface area contributed by atoms with E-state index in [1.165, 1.54) is 32.1 Å². The summed E-state index contributed by atoms with van der Waals surface area (Å²) in [5.74, 6) is -0.323. The lowest BCUT2D eigenvalue weighted by atomic mass is 9.88. The second-order valence-corrected chi connectivity index (χ2v) is 5.61. The standard InChI is InChI=1S/C17H27NO2/c1-19-17(20-2,18-16-13-9-6-10-14-16)15-11-7-4-3-5-8-12-15/h6,9-10,13-15,18H,3-5,7-8,11-12H2,1-2H3. The number of anilines is 1. The van der Waals surface area contributed by atoms with Crippen LogP contribution in [0.5, 0.6) is 0 Å². The number of rotatable bonds is 5. The first-order valence-electron chi connectivity index (χ1n) is 7.74. The number of hydrogen-bond donors (Lipinski definition) is 1. The molecule has 1 aromatic rings. The van der Waals surface area contributed by atoms with Crippen molar-refractivity contribution in [3.8, 4) is 0 Å². The first kappa shape index (κ1) is 15.3. The van der Waals surface area contributed by atoms with Gasteiger partial charge in [0.15, 0.2) is 0 Å². The van der Waals surface area contributed by atoms with Crippen LogP contribution in [-0.4, -0.2) is 20.1 Å². The van der Waals surface area contributed by atoms with E-state index in [9.17, 15) is 0 Å². The minimum Gasteiger partial charge on any atom is -0.336 e. The van der Waals surface area contributed by atoms with Crippen molar-refractivity contribution in [3.05, 3.63) is 30.3 Å². The first-order chi connectivity index (χ1) is 9.80. The van der Waals surface area contributed by atoms with Crippen LogP contribution in [0, 0.1) is 5.92 Å². The van der Waals surface area contributed by atoms with Crippen LogP contribution < -0.4 is 5.32 Å². The largest absolute Gasteiger partial charge is 0.336 e. The van der Waals surface area contributed by atoms with Crippen molar-refractivity contribution >= 4 is 5.69 Å². The van der Waals surface area contributed by atoms with Crippen LogP contribution >= 0.6 is 0 Å². The average Bonchev–Trinajstić information content (AvgIpc) is 2.46. The average molecular weight is 277 g/mol. The quantitative estimate of drug-likeness (QED) is 0.809. The summed E-state index contributed by atoms with van der Waals surface area (Å²) in [6, 6.07) is 10.2. The van der Waals surface area contributed by atoms with Crippen molar-refractivity contribution in [1.82, 2.24) is 0 Å². The molecule has 0 bridgehead atoms. The molecule has 0 aromatic heterocycles. The van der Waals surface area contributed by atoms with E-state index in [-0.39, 0.29) is 0 Å². The highest BCUT2D eigenvalue weighted by Crippen LogP contribution is 2.34. The Labute approximate surface area is 122 Å². The summed E-state index contributed by atoms with van der Waals surface area (Å²) in [5, 5.41) is 3.47. The Bertz CT molecular complexity index is 368. The summed E-state index contributed by atoms with van der Waals surface area (Å²) in [7, 11) is 3.47. The lowest BCUT2D eigenvalue weighted by Crippen LogP contribution is -2.49. The van der Waals surface area contributed by atoms with Crippen molar-refractivity contribution in [1.29, 1.82) is 0 Å². The van der Waals surface area contributed by atoms with E-state index in [0.29, 0.717) is 5.92 Å². The number of nitrogens with one attached hydrogen (secondary N) is 1. The molecule has 0 atom stereocenters. The molecular formula is C17H27NO2. The molecule has 1 fully saturated rings. The van der Waals surface area contributed by atoms with Crippen LogP contribution in [-0.2, 0) is 9.47 Å². The van der Waals surface area contributed by atoms with Crippen molar-refractivity contribution in [2.45, 2.75) is 50.9 Å². The summed E-state index contributed by atoms with van der Waals surface area (Å²) in [6.45, 7) is 0. The van der Waals surface area contributed by atoms with E-state index >= 15 is 0 Å². The van der Waals surface area contributed by atoms with Crippen LogP contribution in [0.4, 0.5) is 5.69 Å². The number of ether oxygens (including phenoxy) is 2. The van der Waals surface area contributed by atoms with Crippen molar-refractivity contribution < 1.29 is 9.47 Å². The fourth-order valence-corrected chi connectivity index (χ4v) is 3.18. The Morgan fingerprint density at radius 3 is 2.00 bits per heavy atom. The minimum absolute atomic E-state index is 0.387. The monoisotopic (exact) mass is 277 g/mol. The molecule has 3 heteroatoms. The number of para-hydroxylation sites is 1. The highest BCUT2D eigenvalue weighted by Gasteiger charge is 2.39. The highest BCUT2D eigenvalue weighted by atomic mass is 16.7. The summed E-state index contributed by atoms with van der Waals surface area (Å²) in [6.07, 6.45) is 8.84. The van der Waals surface area contributed by atoms with Crippen LogP contribution in [0.2, 0.25) is 0 Å². The molecule has 2 rings (SSSR count). The Hall–Kier alpha value is -1.06. The van der Waals surface area contributed by atoms with Gasteiger partial charge in [-0.3, -0.25) is 0 Å². The molecule has 0 radical (unpaired) electrons. The second kappa shape index (κ2) is 7.65. The van der Waals surface area contributed by atoms with E-state index in [0.717, 1.165) is 18.5 Å². The van der Waals surface area contributed by atoms with E-state index in [2.05, 4.69) is 17.4 Å². The summed E-state index contributed by atoms with van der Waals surface area (Å²) in [4.78, 5) is 0. The molecule has 1 aliphatic carbocycles.